The maximum atomic E-state index is 10.9. The third-order valence-corrected chi connectivity index (χ3v) is 2.63. The van der Waals surface area contributed by atoms with Gasteiger partial charge >= 0.3 is 5.97 Å². The standard InChI is InChI=1S/C11H23NO2/c1-6-7-9(10(13)14)12-8(2)11(3,4)5/h8-9,12H,6-7H2,1-5H3,(H,13,14). The van der Waals surface area contributed by atoms with E-state index >= 15 is 0 Å². The third kappa shape index (κ3) is 4.61. The van der Waals surface area contributed by atoms with Crippen LogP contribution in [0.1, 0.15) is 47.5 Å². The number of rotatable bonds is 5. The second kappa shape index (κ2) is 5.35. The Balaban J connectivity index is 4.23. The predicted octanol–water partition coefficient (Wildman–Crippen LogP) is 2.26. The molecule has 2 atom stereocenters. The molecule has 0 radical (unpaired) electrons. The van der Waals surface area contributed by atoms with Crippen molar-refractivity contribution in [1.82, 2.24) is 5.32 Å². The summed E-state index contributed by atoms with van der Waals surface area (Å²) in [6.45, 7) is 10.4. The first-order valence-electron chi connectivity index (χ1n) is 5.28. The van der Waals surface area contributed by atoms with Crippen LogP contribution in [0, 0.1) is 5.41 Å². The number of carbonyl (C=O) groups is 1. The number of nitrogens with one attached hydrogen (secondary N) is 1. The summed E-state index contributed by atoms with van der Waals surface area (Å²) in [7, 11) is 0. The van der Waals surface area contributed by atoms with E-state index in [4.69, 9.17) is 5.11 Å². The van der Waals surface area contributed by atoms with Crippen LogP contribution in [0.15, 0.2) is 0 Å². The minimum absolute atomic E-state index is 0.0987. The second-order valence-corrected chi connectivity index (χ2v) is 4.93. The zero-order valence-corrected chi connectivity index (χ0v) is 9.92. The lowest BCUT2D eigenvalue weighted by Gasteiger charge is -2.30. The first kappa shape index (κ1) is 13.4. The summed E-state index contributed by atoms with van der Waals surface area (Å²) < 4.78 is 0. The van der Waals surface area contributed by atoms with Gasteiger partial charge in [0.15, 0.2) is 0 Å². The van der Waals surface area contributed by atoms with Gasteiger partial charge in [0.25, 0.3) is 0 Å². The van der Waals surface area contributed by atoms with Crippen LogP contribution in [0.25, 0.3) is 0 Å². The Kier molecular flexibility index (Phi) is 5.13. The normalized spacial score (nSPS) is 16.4. The van der Waals surface area contributed by atoms with E-state index < -0.39 is 12.0 Å². The van der Waals surface area contributed by atoms with Crippen LogP contribution in [0.3, 0.4) is 0 Å². The van der Waals surface area contributed by atoms with Gasteiger partial charge in [-0.2, -0.15) is 0 Å². The van der Waals surface area contributed by atoms with Gasteiger partial charge in [0.1, 0.15) is 6.04 Å². The Morgan fingerprint density at radius 3 is 2.21 bits per heavy atom. The number of aliphatic carboxylic acids is 1. The minimum Gasteiger partial charge on any atom is -0.480 e. The zero-order valence-electron chi connectivity index (χ0n) is 9.92. The predicted molar refractivity (Wildman–Crippen MR) is 58.4 cm³/mol. The maximum Gasteiger partial charge on any atom is 0.320 e. The molecule has 2 unspecified atom stereocenters. The summed E-state index contributed by atoms with van der Waals surface area (Å²) in [5.41, 5.74) is 0.0987. The molecule has 3 heteroatoms. The summed E-state index contributed by atoms with van der Waals surface area (Å²) in [4.78, 5) is 10.9. The van der Waals surface area contributed by atoms with Crippen molar-refractivity contribution in [1.29, 1.82) is 0 Å². The van der Waals surface area contributed by atoms with Gasteiger partial charge in [-0.25, -0.2) is 0 Å². The summed E-state index contributed by atoms with van der Waals surface area (Å²) in [6, 6.07) is -0.204. The third-order valence-electron chi connectivity index (χ3n) is 2.63. The van der Waals surface area contributed by atoms with Gasteiger partial charge in [-0.1, -0.05) is 34.1 Å². The molecule has 0 bridgehead atoms. The molecule has 0 spiro atoms. The highest BCUT2D eigenvalue weighted by molar-refractivity contribution is 5.73. The molecule has 0 aliphatic carbocycles. The number of carboxylic acid groups (broad SMARTS) is 1. The molecular weight excluding hydrogens is 178 g/mol. The van der Waals surface area contributed by atoms with E-state index in [0.717, 1.165) is 6.42 Å². The SMILES string of the molecule is CCCC(NC(C)C(C)(C)C)C(=O)O. The van der Waals surface area contributed by atoms with Crippen molar-refractivity contribution < 1.29 is 9.90 Å². The van der Waals surface area contributed by atoms with Crippen molar-refractivity contribution in [3.63, 3.8) is 0 Å². The Morgan fingerprint density at radius 1 is 1.43 bits per heavy atom. The molecule has 0 saturated heterocycles. The average Bonchev–Trinajstić information content (AvgIpc) is 2.01. The lowest BCUT2D eigenvalue weighted by atomic mass is 9.87. The van der Waals surface area contributed by atoms with Gasteiger partial charge in [0.05, 0.1) is 0 Å². The number of hydrogen-bond acceptors (Lipinski definition) is 2. The summed E-state index contributed by atoms with van der Waals surface area (Å²) in [6.07, 6.45) is 1.58. The molecule has 14 heavy (non-hydrogen) atoms. The van der Waals surface area contributed by atoms with Gasteiger partial charge < -0.3 is 10.4 Å². The van der Waals surface area contributed by atoms with E-state index in [-0.39, 0.29) is 11.5 Å². The molecule has 3 nitrogen and oxygen atoms in total. The Hall–Kier alpha value is -0.570. The lowest BCUT2D eigenvalue weighted by molar-refractivity contribution is -0.140. The first-order valence-corrected chi connectivity index (χ1v) is 5.28. The highest BCUT2D eigenvalue weighted by Gasteiger charge is 2.25. The highest BCUT2D eigenvalue weighted by Crippen LogP contribution is 2.19. The molecule has 0 heterocycles. The van der Waals surface area contributed by atoms with Gasteiger partial charge in [0, 0.05) is 6.04 Å². The Bertz CT molecular complexity index is 184. The minimum atomic E-state index is -0.747. The van der Waals surface area contributed by atoms with Crippen molar-refractivity contribution in [2.24, 2.45) is 5.41 Å². The highest BCUT2D eigenvalue weighted by atomic mass is 16.4. The molecule has 0 aliphatic rings. The monoisotopic (exact) mass is 201 g/mol. The molecule has 2 N–H and O–H groups in total. The molecule has 0 fully saturated rings. The van der Waals surface area contributed by atoms with Gasteiger partial charge in [-0.15, -0.1) is 0 Å². The molecule has 0 aromatic carbocycles. The van der Waals surface area contributed by atoms with Crippen molar-refractivity contribution in [2.75, 3.05) is 0 Å². The van der Waals surface area contributed by atoms with Crippen LogP contribution in [0.5, 0.6) is 0 Å². The maximum absolute atomic E-state index is 10.9. The molecule has 0 aromatic heterocycles. The van der Waals surface area contributed by atoms with E-state index in [9.17, 15) is 4.79 Å². The van der Waals surface area contributed by atoms with Crippen molar-refractivity contribution in [2.45, 2.75) is 59.5 Å². The van der Waals surface area contributed by atoms with Crippen LogP contribution in [-0.4, -0.2) is 23.2 Å². The Labute approximate surface area is 86.9 Å². The quantitative estimate of drug-likeness (QED) is 0.717. The fraction of sp³-hybridized carbons (Fsp3) is 0.909. The van der Waals surface area contributed by atoms with Crippen LogP contribution >= 0.6 is 0 Å². The molecular formula is C11H23NO2. The summed E-state index contributed by atoms with van der Waals surface area (Å²) in [5, 5.41) is 12.1. The lowest BCUT2D eigenvalue weighted by Crippen LogP contribution is -2.47. The fourth-order valence-corrected chi connectivity index (χ4v) is 1.12. The van der Waals surface area contributed by atoms with Crippen molar-refractivity contribution in [3.8, 4) is 0 Å². The summed E-state index contributed by atoms with van der Waals surface area (Å²) in [5.74, 6) is -0.747. The molecule has 0 aliphatic heterocycles. The zero-order chi connectivity index (χ0) is 11.4. The van der Waals surface area contributed by atoms with Crippen LogP contribution < -0.4 is 5.32 Å². The smallest absolute Gasteiger partial charge is 0.320 e. The first-order chi connectivity index (χ1) is 6.29. The fourth-order valence-electron chi connectivity index (χ4n) is 1.12. The molecule has 84 valence electrons. The average molecular weight is 201 g/mol. The molecule has 0 rings (SSSR count). The van der Waals surface area contributed by atoms with Gasteiger partial charge in [-0.05, 0) is 18.8 Å². The van der Waals surface area contributed by atoms with Gasteiger partial charge in [-0.3, -0.25) is 4.79 Å². The van der Waals surface area contributed by atoms with Crippen LogP contribution in [-0.2, 0) is 4.79 Å². The molecule has 0 saturated carbocycles. The van der Waals surface area contributed by atoms with Gasteiger partial charge in [0.2, 0.25) is 0 Å². The molecule has 0 aromatic rings. The topological polar surface area (TPSA) is 49.3 Å². The molecule has 0 amide bonds. The largest absolute Gasteiger partial charge is 0.480 e. The van der Waals surface area contributed by atoms with E-state index in [1.54, 1.807) is 0 Å². The second-order valence-electron chi connectivity index (χ2n) is 4.93. The van der Waals surface area contributed by atoms with E-state index in [1.165, 1.54) is 0 Å². The van der Waals surface area contributed by atoms with Crippen LogP contribution in [0.4, 0.5) is 0 Å². The van der Waals surface area contributed by atoms with E-state index in [0.29, 0.717) is 6.42 Å². The number of hydrogen-bond donors (Lipinski definition) is 2. The van der Waals surface area contributed by atoms with E-state index in [1.807, 2.05) is 13.8 Å². The van der Waals surface area contributed by atoms with E-state index in [2.05, 4.69) is 26.1 Å². The summed E-state index contributed by atoms with van der Waals surface area (Å²) >= 11 is 0. The number of carboxylic acids is 1. The Morgan fingerprint density at radius 2 is 1.93 bits per heavy atom. The van der Waals surface area contributed by atoms with Crippen molar-refractivity contribution in [3.05, 3.63) is 0 Å². The van der Waals surface area contributed by atoms with Crippen LogP contribution in [0.2, 0.25) is 0 Å². The van der Waals surface area contributed by atoms with Crippen molar-refractivity contribution >= 4 is 5.97 Å².